The molecular weight excluding hydrogens is 534 g/mol. The number of nitrogens with zero attached hydrogens (tertiary/aromatic N) is 5. The van der Waals surface area contributed by atoms with Crippen molar-refractivity contribution in [3.05, 3.63) is 53.2 Å². The Morgan fingerprint density at radius 3 is 2.74 bits per heavy atom. The van der Waals surface area contributed by atoms with Gasteiger partial charge in [-0.05, 0) is 75.2 Å². The van der Waals surface area contributed by atoms with Crippen LogP contribution in [0.3, 0.4) is 0 Å². The van der Waals surface area contributed by atoms with E-state index in [1.165, 1.54) is 18.9 Å². The highest BCUT2D eigenvalue weighted by Crippen LogP contribution is 2.41. The number of halogens is 2. The second-order valence-corrected chi connectivity index (χ2v) is 12.6. The van der Waals surface area contributed by atoms with E-state index in [-0.39, 0.29) is 28.9 Å². The Labute approximate surface area is 244 Å². The van der Waals surface area contributed by atoms with E-state index in [1.807, 2.05) is 29.8 Å². The third-order valence-electron chi connectivity index (χ3n) is 10.4. The number of ether oxygens (including phenoxy) is 1. The maximum atomic E-state index is 17.1. The summed E-state index contributed by atoms with van der Waals surface area (Å²) in [6.45, 7) is 7.00. The number of aromatic nitrogens is 3. The van der Waals surface area contributed by atoms with Crippen molar-refractivity contribution in [2.75, 3.05) is 44.2 Å². The first-order valence-corrected chi connectivity index (χ1v) is 15.4. The SMILES string of the molecule is Cc1c(F)ccc2cccc(-c3c(F)c4nc(OCC56CCCN5CCC6)nc5c4c([n+]3C)CC[C@@H]3CNCCN53)c12. The summed E-state index contributed by atoms with van der Waals surface area (Å²) >= 11 is 0. The van der Waals surface area contributed by atoms with Crippen LogP contribution < -0.4 is 19.5 Å². The van der Waals surface area contributed by atoms with Crippen LogP contribution in [0.4, 0.5) is 14.6 Å². The largest absolute Gasteiger partial charge is 0.461 e. The van der Waals surface area contributed by atoms with Crippen LogP contribution in [0.25, 0.3) is 32.9 Å². The molecule has 2 aromatic heterocycles. The number of hydrogen-bond acceptors (Lipinski definition) is 6. The molecule has 0 spiro atoms. The van der Waals surface area contributed by atoms with E-state index in [4.69, 9.17) is 14.7 Å². The van der Waals surface area contributed by atoms with Gasteiger partial charge < -0.3 is 15.0 Å². The summed E-state index contributed by atoms with van der Waals surface area (Å²) in [5.74, 6) is 0.0484. The first-order chi connectivity index (χ1) is 20.4. The monoisotopic (exact) mass is 571 g/mol. The summed E-state index contributed by atoms with van der Waals surface area (Å²) in [6.07, 6.45) is 6.26. The molecule has 0 aliphatic carbocycles. The third kappa shape index (κ3) is 3.85. The molecule has 4 aromatic rings. The average Bonchev–Trinajstić information content (AvgIpc) is 3.54. The van der Waals surface area contributed by atoms with Gasteiger partial charge in [0.25, 0.3) is 5.69 Å². The lowest BCUT2D eigenvalue weighted by atomic mass is 9.95. The molecule has 4 aliphatic rings. The number of rotatable bonds is 4. The van der Waals surface area contributed by atoms with E-state index in [2.05, 4.69) is 15.1 Å². The zero-order valence-electron chi connectivity index (χ0n) is 24.3. The zero-order chi connectivity index (χ0) is 28.6. The first-order valence-electron chi connectivity index (χ1n) is 15.4. The predicted molar refractivity (Wildman–Crippen MR) is 159 cm³/mol. The predicted octanol–water partition coefficient (Wildman–Crippen LogP) is 4.59. The Morgan fingerprint density at radius 1 is 1.07 bits per heavy atom. The summed E-state index contributed by atoms with van der Waals surface area (Å²) in [4.78, 5) is 14.7. The van der Waals surface area contributed by atoms with E-state index in [1.54, 1.807) is 13.0 Å². The van der Waals surface area contributed by atoms with Crippen molar-refractivity contribution in [3.63, 3.8) is 0 Å². The number of anilines is 1. The standard InChI is InChI=1S/C33H37F2N6O/c1-20-24(34)10-8-21-6-3-7-23(26(20)21)30-28(35)29-27-25(39(30)2)11-9-22-18-36-14-17-41(22)31(27)38-32(37-29)42-19-33-12-4-15-40(33)16-5-13-33/h3,6-8,10,22,36H,4-5,9,11-19H2,1-2H3/q+1/t22-/m1/s1. The highest BCUT2D eigenvalue weighted by Gasteiger charge is 2.45. The molecule has 1 N–H and O–H groups in total. The van der Waals surface area contributed by atoms with E-state index < -0.39 is 5.82 Å². The molecule has 9 heteroatoms. The molecule has 0 saturated carbocycles. The summed E-state index contributed by atoms with van der Waals surface area (Å²) in [6, 6.07) is 9.49. The Kier molecular flexibility index (Phi) is 6.12. The molecule has 6 heterocycles. The van der Waals surface area contributed by atoms with Gasteiger partial charge in [0.2, 0.25) is 5.82 Å². The van der Waals surface area contributed by atoms with Gasteiger partial charge in [-0.2, -0.15) is 18.9 Å². The van der Waals surface area contributed by atoms with Crippen LogP contribution in [0.1, 0.15) is 43.4 Å². The number of fused-ring (bicyclic) bond motifs is 4. The third-order valence-corrected chi connectivity index (χ3v) is 10.4. The van der Waals surface area contributed by atoms with E-state index in [0.717, 1.165) is 86.1 Å². The second kappa shape index (κ2) is 9.81. The molecule has 7 nitrogen and oxygen atoms in total. The number of hydrogen-bond donors (Lipinski definition) is 1. The number of nitrogens with one attached hydrogen (secondary N) is 1. The Morgan fingerprint density at radius 2 is 1.90 bits per heavy atom. The topological polar surface area (TPSA) is 57.4 Å². The molecule has 0 bridgehead atoms. The maximum absolute atomic E-state index is 17.1. The number of benzene rings is 2. The van der Waals surface area contributed by atoms with Gasteiger partial charge in [-0.15, -0.1) is 0 Å². The van der Waals surface area contributed by atoms with Gasteiger partial charge in [0.15, 0.2) is 11.5 Å². The lowest BCUT2D eigenvalue weighted by molar-refractivity contribution is -0.667. The van der Waals surface area contributed by atoms with Crippen molar-refractivity contribution >= 4 is 27.5 Å². The van der Waals surface area contributed by atoms with Crippen molar-refractivity contribution in [2.24, 2.45) is 7.05 Å². The number of aryl methyl sites for hydroxylation is 2. The fourth-order valence-electron chi connectivity index (χ4n) is 8.27. The molecule has 2 aromatic carbocycles. The van der Waals surface area contributed by atoms with Crippen LogP contribution in [0.5, 0.6) is 6.01 Å². The fourth-order valence-corrected chi connectivity index (χ4v) is 8.27. The molecule has 3 saturated heterocycles. The van der Waals surface area contributed by atoms with E-state index in [9.17, 15) is 4.39 Å². The fraction of sp³-hybridized carbons (Fsp3) is 0.485. The van der Waals surface area contributed by atoms with Gasteiger partial charge in [0, 0.05) is 37.5 Å². The molecule has 218 valence electrons. The van der Waals surface area contributed by atoms with Crippen LogP contribution in [-0.4, -0.2) is 65.8 Å². The highest BCUT2D eigenvalue weighted by atomic mass is 19.1. The smallest absolute Gasteiger partial charge is 0.319 e. The molecule has 0 radical (unpaired) electrons. The molecular formula is C33H37F2N6O+. The molecule has 0 amide bonds. The van der Waals surface area contributed by atoms with Crippen LogP contribution in [-0.2, 0) is 13.5 Å². The number of piperazine rings is 1. The Balaban J connectivity index is 1.35. The second-order valence-electron chi connectivity index (χ2n) is 12.6. The van der Waals surface area contributed by atoms with Gasteiger partial charge >= 0.3 is 6.01 Å². The average molecular weight is 572 g/mol. The molecule has 4 aliphatic heterocycles. The number of pyridine rings is 1. The normalized spacial score (nSPS) is 21.5. The highest BCUT2D eigenvalue weighted by molar-refractivity contribution is 6.00. The summed E-state index contributed by atoms with van der Waals surface area (Å²) < 4.78 is 40.3. The van der Waals surface area contributed by atoms with E-state index in [0.29, 0.717) is 23.4 Å². The van der Waals surface area contributed by atoms with Crippen molar-refractivity contribution < 1.29 is 18.1 Å². The Hall–Kier alpha value is -3.43. The molecule has 0 unspecified atom stereocenters. The van der Waals surface area contributed by atoms with Gasteiger partial charge in [0.1, 0.15) is 30.4 Å². The summed E-state index contributed by atoms with van der Waals surface area (Å²) in [5, 5.41) is 5.89. The summed E-state index contributed by atoms with van der Waals surface area (Å²) in [7, 11) is 1.92. The van der Waals surface area contributed by atoms with Gasteiger partial charge in [-0.3, -0.25) is 4.90 Å². The minimum Gasteiger partial charge on any atom is -0.461 e. The van der Waals surface area contributed by atoms with Crippen LogP contribution in [0.2, 0.25) is 0 Å². The van der Waals surface area contributed by atoms with Crippen molar-refractivity contribution in [3.8, 4) is 17.3 Å². The molecule has 42 heavy (non-hydrogen) atoms. The minimum atomic E-state index is -0.420. The van der Waals surface area contributed by atoms with Crippen molar-refractivity contribution in [1.29, 1.82) is 0 Å². The van der Waals surface area contributed by atoms with Crippen LogP contribution >= 0.6 is 0 Å². The van der Waals surface area contributed by atoms with Gasteiger partial charge in [0.05, 0.1) is 11.1 Å². The quantitative estimate of drug-likeness (QED) is 0.362. The molecule has 8 rings (SSSR count). The van der Waals surface area contributed by atoms with Gasteiger partial charge in [-0.25, -0.2) is 4.39 Å². The lowest BCUT2D eigenvalue weighted by Crippen LogP contribution is -2.51. The lowest BCUT2D eigenvalue weighted by Gasteiger charge is -2.36. The van der Waals surface area contributed by atoms with Gasteiger partial charge in [-0.1, -0.05) is 18.2 Å². The van der Waals surface area contributed by atoms with Crippen molar-refractivity contribution in [2.45, 2.75) is 57.0 Å². The summed E-state index contributed by atoms with van der Waals surface area (Å²) in [5.41, 5.74) is 2.92. The van der Waals surface area contributed by atoms with E-state index >= 15 is 4.39 Å². The van der Waals surface area contributed by atoms with Crippen LogP contribution in [0, 0.1) is 18.6 Å². The van der Waals surface area contributed by atoms with Crippen molar-refractivity contribution in [1.82, 2.24) is 20.2 Å². The Bertz CT molecular complexity index is 1730. The maximum Gasteiger partial charge on any atom is 0.319 e. The molecule has 1 atom stereocenters. The first kappa shape index (κ1) is 26.2. The van der Waals surface area contributed by atoms with Crippen LogP contribution in [0.15, 0.2) is 30.3 Å². The minimum absolute atomic E-state index is 0.0343. The molecule has 3 fully saturated rings. The zero-order valence-corrected chi connectivity index (χ0v) is 24.3.